The molecule has 1 atom stereocenters. The fourth-order valence-corrected chi connectivity index (χ4v) is 4.97. The van der Waals surface area contributed by atoms with Gasteiger partial charge in [-0.15, -0.1) is 0 Å². The molecule has 0 heterocycles. The van der Waals surface area contributed by atoms with Crippen LogP contribution in [0.15, 0.2) is 58.3 Å². The van der Waals surface area contributed by atoms with Gasteiger partial charge in [-0.25, -0.2) is 26.4 Å². The van der Waals surface area contributed by atoms with Crippen LogP contribution in [0.1, 0.15) is 5.56 Å². The van der Waals surface area contributed by atoms with Crippen molar-refractivity contribution in [2.45, 2.75) is 22.3 Å². The first-order valence-corrected chi connectivity index (χ1v) is 12.7. The minimum Gasteiger partial charge on any atom is -0.480 e. The summed E-state index contributed by atoms with van der Waals surface area (Å²) in [6.45, 7) is -0.895. The molecule has 4 N–H and O–H groups in total. The lowest BCUT2D eigenvalue weighted by Gasteiger charge is -2.12. The molecule has 0 aliphatic carbocycles. The number of carboxylic acid groups (broad SMARTS) is 1. The molecule has 0 radical (unpaired) electrons. The van der Waals surface area contributed by atoms with Gasteiger partial charge in [-0.2, -0.15) is 0 Å². The molecule has 0 spiro atoms. The molecule has 174 valence electrons. The van der Waals surface area contributed by atoms with Crippen LogP contribution in [-0.4, -0.2) is 63.9 Å². The number of aliphatic hydroxyl groups excluding tert-OH is 1. The summed E-state index contributed by atoms with van der Waals surface area (Å²) in [5.74, 6) is -3.59. The predicted octanol–water partition coefficient (Wildman–Crippen LogP) is 0.196. The first kappa shape index (κ1) is 25.7. The van der Waals surface area contributed by atoms with E-state index in [2.05, 4.69) is 4.72 Å². The molecule has 2 aromatic rings. The molecule has 1 unspecified atom stereocenters. The van der Waals surface area contributed by atoms with Crippen molar-refractivity contribution < 1.29 is 36.6 Å². The van der Waals surface area contributed by atoms with Crippen LogP contribution in [0.2, 0.25) is 5.02 Å². The summed E-state index contributed by atoms with van der Waals surface area (Å²) >= 11 is 5.75. The molecule has 2 rings (SSSR count). The Morgan fingerprint density at radius 2 is 1.66 bits per heavy atom. The monoisotopic (exact) mass is 504 g/mol. The Hall–Kier alpha value is -2.51. The molecule has 0 fully saturated rings. The van der Waals surface area contributed by atoms with Crippen LogP contribution in [0.3, 0.4) is 0 Å². The highest BCUT2D eigenvalue weighted by molar-refractivity contribution is 7.92. The van der Waals surface area contributed by atoms with Crippen LogP contribution in [0.5, 0.6) is 0 Å². The molecule has 0 aliphatic rings. The third-order valence-electron chi connectivity index (χ3n) is 4.22. The van der Waals surface area contributed by atoms with Gasteiger partial charge >= 0.3 is 5.97 Å². The average Bonchev–Trinajstić information content (AvgIpc) is 2.72. The quantitative estimate of drug-likeness (QED) is 0.336. The van der Waals surface area contributed by atoms with Crippen LogP contribution in [0, 0.1) is 0 Å². The number of hydrogen-bond donors (Lipinski definition) is 4. The smallest absolute Gasteiger partial charge is 0.328 e. The lowest BCUT2D eigenvalue weighted by Crippen LogP contribution is -2.45. The van der Waals surface area contributed by atoms with Crippen LogP contribution in [0.25, 0.3) is 0 Å². The Kier molecular flexibility index (Phi) is 8.75. The minimum absolute atomic E-state index is 0.00820. The number of sulfone groups is 1. The van der Waals surface area contributed by atoms with E-state index in [9.17, 15) is 26.4 Å². The number of nitrogens with one attached hydrogen (secondary N) is 2. The summed E-state index contributed by atoms with van der Waals surface area (Å²) in [5, 5.41) is 20.1. The number of aliphatic carboxylic acids is 1. The fourth-order valence-electron chi connectivity index (χ4n) is 2.60. The SMILES string of the molecule is O=C(CS(=O)(=O)c1cccc(CCNS(=O)(=O)c2ccc(Cl)cc2)c1)NC(CO)C(=O)O. The van der Waals surface area contributed by atoms with Crippen molar-refractivity contribution in [3.8, 4) is 0 Å². The van der Waals surface area contributed by atoms with Crippen molar-refractivity contribution in [2.24, 2.45) is 0 Å². The third kappa shape index (κ3) is 7.28. The third-order valence-corrected chi connectivity index (χ3v) is 7.57. The maximum atomic E-state index is 12.5. The van der Waals surface area contributed by atoms with Gasteiger partial charge in [-0.05, 0) is 48.4 Å². The van der Waals surface area contributed by atoms with Crippen molar-refractivity contribution >= 4 is 43.3 Å². The van der Waals surface area contributed by atoms with Crippen molar-refractivity contribution in [1.29, 1.82) is 0 Å². The van der Waals surface area contributed by atoms with Gasteiger partial charge in [0.2, 0.25) is 15.9 Å². The van der Waals surface area contributed by atoms with Crippen LogP contribution < -0.4 is 10.0 Å². The normalized spacial score (nSPS) is 12.8. The second-order valence-corrected chi connectivity index (χ2v) is 10.8. The summed E-state index contributed by atoms with van der Waals surface area (Å²) in [5.41, 5.74) is 0.504. The van der Waals surface area contributed by atoms with E-state index >= 15 is 0 Å². The van der Waals surface area contributed by atoms with E-state index in [1.54, 1.807) is 6.07 Å². The topological polar surface area (TPSA) is 167 Å². The van der Waals surface area contributed by atoms with Crippen molar-refractivity contribution in [1.82, 2.24) is 10.0 Å². The van der Waals surface area contributed by atoms with Crippen LogP contribution >= 0.6 is 11.6 Å². The minimum atomic E-state index is -4.10. The Bertz CT molecular complexity index is 1180. The summed E-state index contributed by atoms with van der Waals surface area (Å²) in [6, 6.07) is 9.61. The van der Waals surface area contributed by atoms with Crippen LogP contribution in [0.4, 0.5) is 0 Å². The second-order valence-electron chi connectivity index (χ2n) is 6.65. The summed E-state index contributed by atoms with van der Waals surface area (Å²) in [6.07, 6.45) is 0.175. The van der Waals surface area contributed by atoms with E-state index in [1.165, 1.54) is 42.5 Å². The van der Waals surface area contributed by atoms with Gasteiger partial charge in [0.1, 0.15) is 11.8 Å². The highest BCUT2D eigenvalue weighted by Gasteiger charge is 2.24. The summed E-state index contributed by atoms with van der Waals surface area (Å²) in [4.78, 5) is 22.6. The van der Waals surface area contributed by atoms with E-state index < -0.39 is 50.1 Å². The van der Waals surface area contributed by atoms with Crippen molar-refractivity contribution in [3.05, 3.63) is 59.1 Å². The highest BCUT2D eigenvalue weighted by Crippen LogP contribution is 2.16. The molecule has 0 saturated carbocycles. The number of halogens is 1. The molecule has 1 amide bonds. The fraction of sp³-hybridized carbons (Fsp3) is 0.263. The largest absolute Gasteiger partial charge is 0.480 e. The predicted molar refractivity (Wildman–Crippen MR) is 115 cm³/mol. The second kappa shape index (κ2) is 10.9. The molecule has 32 heavy (non-hydrogen) atoms. The maximum absolute atomic E-state index is 12.5. The maximum Gasteiger partial charge on any atom is 0.328 e. The number of carboxylic acids is 1. The Balaban J connectivity index is 2.02. The molecule has 13 heteroatoms. The van der Waals surface area contributed by atoms with Gasteiger partial charge in [-0.1, -0.05) is 23.7 Å². The average molecular weight is 505 g/mol. The van der Waals surface area contributed by atoms with Gasteiger partial charge in [0.15, 0.2) is 9.84 Å². The summed E-state index contributed by atoms with van der Waals surface area (Å²) in [7, 11) is -7.87. The Morgan fingerprint density at radius 1 is 1.00 bits per heavy atom. The van der Waals surface area contributed by atoms with Gasteiger partial charge in [-0.3, -0.25) is 4.79 Å². The van der Waals surface area contributed by atoms with Crippen molar-refractivity contribution in [3.63, 3.8) is 0 Å². The van der Waals surface area contributed by atoms with E-state index in [1.807, 2.05) is 5.32 Å². The van der Waals surface area contributed by atoms with Gasteiger partial charge in [0.05, 0.1) is 16.4 Å². The number of hydrogen-bond acceptors (Lipinski definition) is 7. The van der Waals surface area contributed by atoms with Crippen molar-refractivity contribution in [2.75, 3.05) is 18.9 Å². The summed E-state index contributed by atoms with van der Waals surface area (Å²) < 4.78 is 52.0. The number of amides is 1. The lowest BCUT2D eigenvalue weighted by atomic mass is 10.2. The number of sulfonamides is 1. The number of carbonyl (C=O) groups excluding carboxylic acids is 1. The molecule has 0 bridgehead atoms. The lowest BCUT2D eigenvalue weighted by molar-refractivity contribution is -0.142. The molecule has 0 aromatic heterocycles. The first-order chi connectivity index (χ1) is 14.9. The van der Waals surface area contributed by atoms with Gasteiger partial charge < -0.3 is 15.5 Å². The number of rotatable bonds is 11. The van der Waals surface area contributed by atoms with Gasteiger partial charge in [0.25, 0.3) is 0 Å². The Labute approximate surface area is 190 Å². The van der Waals surface area contributed by atoms with Crippen LogP contribution in [-0.2, 0) is 35.9 Å². The van der Waals surface area contributed by atoms with E-state index in [0.29, 0.717) is 10.6 Å². The number of carbonyl (C=O) groups is 2. The molecular formula is C19H21ClN2O8S2. The highest BCUT2D eigenvalue weighted by atomic mass is 35.5. The van der Waals surface area contributed by atoms with E-state index in [-0.39, 0.29) is 22.8 Å². The van der Waals surface area contributed by atoms with E-state index in [0.717, 1.165) is 0 Å². The molecule has 0 aliphatic heterocycles. The molecule has 10 nitrogen and oxygen atoms in total. The zero-order valence-corrected chi connectivity index (χ0v) is 19.0. The Morgan fingerprint density at radius 3 is 2.25 bits per heavy atom. The molecular weight excluding hydrogens is 484 g/mol. The van der Waals surface area contributed by atoms with Gasteiger partial charge in [0, 0.05) is 11.6 Å². The molecule has 0 saturated heterocycles. The standard InChI is InChI=1S/C19H21ClN2O8S2/c20-14-4-6-15(7-5-14)32(29,30)21-9-8-13-2-1-3-16(10-13)31(27,28)12-18(24)22-17(11-23)19(25)26/h1-7,10,17,21,23H,8-9,11-12H2,(H,22,24)(H,25,26). The van der Waals surface area contributed by atoms with E-state index in [4.69, 9.17) is 21.8 Å². The first-order valence-electron chi connectivity index (χ1n) is 9.14. The zero-order valence-electron chi connectivity index (χ0n) is 16.6. The number of benzene rings is 2. The number of aliphatic hydroxyl groups is 1. The zero-order chi connectivity index (χ0) is 23.9. The molecule has 2 aromatic carbocycles.